The summed E-state index contributed by atoms with van der Waals surface area (Å²) in [5.74, 6) is 0.643. The molecule has 0 unspecified atom stereocenters. The molecule has 0 N–H and O–H groups in total. The Hall–Kier alpha value is -3.84. The van der Waals surface area contributed by atoms with Crippen molar-refractivity contribution in [3.8, 4) is 22.5 Å². The van der Waals surface area contributed by atoms with Crippen molar-refractivity contribution in [2.75, 3.05) is 0 Å². The van der Waals surface area contributed by atoms with E-state index in [1.807, 2.05) is 34.7 Å². The lowest BCUT2D eigenvalue weighted by Gasteiger charge is -2.09. The maximum atomic E-state index is 11.0. The van der Waals surface area contributed by atoms with E-state index in [0.29, 0.717) is 16.5 Å². The minimum absolute atomic E-state index is 0.0375. The average molecular weight is 402 g/mol. The van der Waals surface area contributed by atoms with Gasteiger partial charge in [-0.25, -0.2) is 4.98 Å². The molecule has 29 heavy (non-hydrogen) atoms. The van der Waals surface area contributed by atoms with Gasteiger partial charge in [-0.05, 0) is 60.2 Å². The van der Waals surface area contributed by atoms with Crippen molar-refractivity contribution < 1.29 is 4.92 Å². The van der Waals surface area contributed by atoms with Gasteiger partial charge in [0.05, 0.1) is 4.92 Å². The number of hydrogen-bond donors (Lipinski definition) is 0. The van der Waals surface area contributed by atoms with Crippen molar-refractivity contribution >= 4 is 34.0 Å². The zero-order chi connectivity index (χ0) is 20.0. The van der Waals surface area contributed by atoms with E-state index >= 15 is 0 Å². The Balaban J connectivity index is 1.81. The number of fused-ring (bicyclic) bond motifs is 3. The van der Waals surface area contributed by atoms with Crippen LogP contribution in [0.2, 0.25) is 5.02 Å². The van der Waals surface area contributed by atoms with Gasteiger partial charge in [0.1, 0.15) is 5.65 Å². The number of halogens is 1. The number of nitro benzene ring substituents is 1. The molecule has 0 fully saturated rings. The SMILES string of the molecule is O=[N+]([O-])c1ccc(-c2cc3cccnc3n3c(-c4ccc(Cl)cc4)nnc23)cc1. The third kappa shape index (κ3) is 2.88. The second kappa shape index (κ2) is 6.65. The molecule has 0 saturated carbocycles. The predicted molar refractivity (Wildman–Crippen MR) is 111 cm³/mol. The predicted octanol–water partition coefficient (Wildman–Crippen LogP) is 5.17. The van der Waals surface area contributed by atoms with Crippen LogP contribution < -0.4 is 0 Å². The summed E-state index contributed by atoms with van der Waals surface area (Å²) in [6.45, 7) is 0. The van der Waals surface area contributed by atoms with Crippen LogP contribution in [0.15, 0.2) is 72.9 Å². The van der Waals surface area contributed by atoms with E-state index in [1.165, 1.54) is 12.1 Å². The summed E-state index contributed by atoms with van der Waals surface area (Å²) in [5.41, 5.74) is 3.86. The van der Waals surface area contributed by atoms with Crippen LogP contribution >= 0.6 is 11.6 Å². The second-order valence-corrected chi connectivity index (χ2v) is 6.90. The van der Waals surface area contributed by atoms with Crippen molar-refractivity contribution in [3.63, 3.8) is 0 Å². The van der Waals surface area contributed by atoms with Crippen LogP contribution in [0.3, 0.4) is 0 Å². The largest absolute Gasteiger partial charge is 0.269 e. The van der Waals surface area contributed by atoms with E-state index in [1.54, 1.807) is 30.5 Å². The van der Waals surface area contributed by atoms with E-state index < -0.39 is 4.92 Å². The van der Waals surface area contributed by atoms with Gasteiger partial charge in [0, 0.05) is 39.9 Å². The van der Waals surface area contributed by atoms with Crippen LogP contribution in [0, 0.1) is 10.1 Å². The molecule has 2 aromatic carbocycles. The number of nitrogens with zero attached hydrogens (tertiary/aromatic N) is 5. The van der Waals surface area contributed by atoms with Crippen LogP contribution in [-0.2, 0) is 0 Å². The first-order valence-electron chi connectivity index (χ1n) is 8.75. The Labute approximate surface area is 169 Å². The molecule has 3 aromatic heterocycles. The fraction of sp³-hybridized carbons (Fsp3) is 0. The average Bonchev–Trinajstić information content (AvgIpc) is 3.19. The highest BCUT2D eigenvalue weighted by molar-refractivity contribution is 6.30. The molecule has 140 valence electrons. The molecule has 3 heterocycles. The Morgan fingerprint density at radius 1 is 0.897 bits per heavy atom. The Morgan fingerprint density at radius 3 is 2.34 bits per heavy atom. The summed E-state index contributed by atoms with van der Waals surface area (Å²) in [5, 5.41) is 21.3. The number of rotatable bonds is 3. The molecule has 5 aromatic rings. The van der Waals surface area contributed by atoms with E-state index in [-0.39, 0.29) is 5.69 Å². The summed E-state index contributed by atoms with van der Waals surface area (Å²) in [7, 11) is 0. The molecule has 0 aliphatic carbocycles. The molecule has 0 saturated heterocycles. The van der Waals surface area contributed by atoms with Crippen molar-refractivity contribution in [3.05, 3.63) is 88.1 Å². The summed E-state index contributed by atoms with van der Waals surface area (Å²) in [6.07, 6.45) is 1.72. The lowest BCUT2D eigenvalue weighted by Crippen LogP contribution is -1.97. The van der Waals surface area contributed by atoms with Crippen LogP contribution in [0.25, 0.3) is 39.2 Å². The van der Waals surface area contributed by atoms with Gasteiger partial charge >= 0.3 is 0 Å². The summed E-state index contributed by atoms with van der Waals surface area (Å²) in [4.78, 5) is 15.1. The van der Waals surface area contributed by atoms with Gasteiger partial charge in [0.25, 0.3) is 5.69 Å². The fourth-order valence-electron chi connectivity index (χ4n) is 3.35. The molecule has 0 amide bonds. The number of non-ortho nitro benzene ring substituents is 1. The molecule has 5 rings (SSSR count). The van der Waals surface area contributed by atoms with Crippen LogP contribution in [-0.4, -0.2) is 24.5 Å². The number of nitro groups is 1. The van der Waals surface area contributed by atoms with Gasteiger partial charge in [-0.15, -0.1) is 10.2 Å². The molecule has 0 aliphatic heterocycles. The molecule has 8 heteroatoms. The zero-order valence-electron chi connectivity index (χ0n) is 14.9. The highest BCUT2D eigenvalue weighted by Crippen LogP contribution is 2.32. The summed E-state index contributed by atoms with van der Waals surface area (Å²) < 4.78 is 1.90. The number of pyridine rings is 2. The minimum atomic E-state index is -0.417. The van der Waals surface area contributed by atoms with Crippen molar-refractivity contribution in [1.82, 2.24) is 19.6 Å². The molecule has 0 spiro atoms. The first-order valence-corrected chi connectivity index (χ1v) is 9.13. The number of benzene rings is 2. The second-order valence-electron chi connectivity index (χ2n) is 6.47. The standard InChI is InChI=1S/C21H12ClN5O2/c22-16-7-3-14(4-8-16)20-24-25-21-18(13-5-9-17(10-6-13)27(28)29)12-15-2-1-11-23-19(15)26(20)21/h1-12H. The van der Waals surface area contributed by atoms with Crippen molar-refractivity contribution in [2.45, 2.75) is 0 Å². The Bertz CT molecular complexity index is 1380. The quantitative estimate of drug-likeness (QED) is 0.307. The van der Waals surface area contributed by atoms with E-state index in [9.17, 15) is 10.1 Å². The first kappa shape index (κ1) is 17.3. The monoisotopic (exact) mass is 401 g/mol. The number of hydrogen-bond acceptors (Lipinski definition) is 5. The molecular weight excluding hydrogens is 390 g/mol. The van der Waals surface area contributed by atoms with Crippen LogP contribution in [0.5, 0.6) is 0 Å². The summed E-state index contributed by atoms with van der Waals surface area (Å²) >= 11 is 6.02. The first-order chi connectivity index (χ1) is 14.1. The van der Waals surface area contributed by atoms with Crippen molar-refractivity contribution in [2.24, 2.45) is 0 Å². The molecule has 0 bridgehead atoms. The zero-order valence-corrected chi connectivity index (χ0v) is 15.6. The van der Waals surface area contributed by atoms with E-state index in [2.05, 4.69) is 15.2 Å². The highest BCUT2D eigenvalue weighted by atomic mass is 35.5. The van der Waals surface area contributed by atoms with Gasteiger partial charge in [0.15, 0.2) is 11.5 Å². The van der Waals surface area contributed by atoms with Gasteiger partial charge in [0.2, 0.25) is 0 Å². The van der Waals surface area contributed by atoms with Gasteiger partial charge in [-0.1, -0.05) is 11.6 Å². The smallest absolute Gasteiger partial charge is 0.258 e. The van der Waals surface area contributed by atoms with E-state index in [4.69, 9.17) is 11.6 Å². The molecule has 0 atom stereocenters. The minimum Gasteiger partial charge on any atom is -0.258 e. The topological polar surface area (TPSA) is 86.2 Å². The normalized spacial score (nSPS) is 11.2. The molecule has 0 aliphatic rings. The third-order valence-electron chi connectivity index (χ3n) is 4.72. The van der Waals surface area contributed by atoms with Crippen molar-refractivity contribution in [1.29, 1.82) is 0 Å². The van der Waals surface area contributed by atoms with Gasteiger partial charge < -0.3 is 0 Å². The Kier molecular flexibility index (Phi) is 3.96. The maximum absolute atomic E-state index is 11.0. The molecular formula is C21H12ClN5O2. The Morgan fingerprint density at radius 2 is 1.62 bits per heavy atom. The van der Waals surface area contributed by atoms with Crippen LogP contribution in [0.1, 0.15) is 0 Å². The van der Waals surface area contributed by atoms with Gasteiger partial charge in [-0.2, -0.15) is 0 Å². The molecule has 7 nitrogen and oxygen atoms in total. The van der Waals surface area contributed by atoms with E-state index in [0.717, 1.165) is 27.7 Å². The summed E-state index contributed by atoms with van der Waals surface area (Å²) in [6, 6.07) is 19.5. The fourth-order valence-corrected chi connectivity index (χ4v) is 3.48. The van der Waals surface area contributed by atoms with Crippen LogP contribution in [0.4, 0.5) is 5.69 Å². The van der Waals surface area contributed by atoms with Gasteiger partial charge in [-0.3, -0.25) is 14.5 Å². The maximum Gasteiger partial charge on any atom is 0.269 e. The third-order valence-corrected chi connectivity index (χ3v) is 4.98. The highest BCUT2D eigenvalue weighted by Gasteiger charge is 2.17. The lowest BCUT2D eigenvalue weighted by atomic mass is 10.0. The number of aromatic nitrogens is 4. The lowest BCUT2D eigenvalue weighted by molar-refractivity contribution is -0.384. The molecule has 0 radical (unpaired) electrons.